The molecule has 0 bridgehead atoms. The fourth-order valence-corrected chi connectivity index (χ4v) is 3.01. The normalized spacial score (nSPS) is 13.5. The van der Waals surface area contributed by atoms with E-state index in [0.717, 1.165) is 18.5 Å². The number of aromatic nitrogens is 1. The maximum Gasteiger partial charge on any atom is 0.252 e. The minimum absolute atomic E-state index is 0.150. The number of nitrogens with zero attached hydrogens (tertiary/aromatic N) is 2. The first-order valence-corrected chi connectivity index (χ1v) is 7.55. The summed E-state index contributed by atoms with van der Waals surface area (Å²) in [5.41, 5.74) is 1.92. The van der Waals surface area contributed by atoms with Crippen LogP contribution in [-0.2, 0) is 13.0 Å². The van der Waals surface area contributed by atoms with E-state index in [1.54, 1.807) is 16.7 Å². The number of hydrogen-bond acceptors (Lipinski definition) is 4. The Balaban J connectivity index is 2.10. The van der Waals surface area contributed by atoms with Crippen molar-refractivity contribution in [3.8, 4) is 0 Å². The smallest absolute Gasteiger partial charge is 0.252 e. The SMILES string of the molecule is O=c1cc(Nc2ccc(Br)cc2F)c(/C=N/O)c2n1CCC2. The Morgan fingerprint density at radius 2 is 2.18 bits per heavy atom. The number of halogens is 2. The van der Waals surface area contributed by atoms with Gasteiger partial charge in [0, 0.05) is 28.3 Å². The van der Waals surface area contributed by atoms with Crippen molar-refractivity contribution in [3.63, 3.8) is 0 Å². The molecule has 114 valence electrons. The maximum atomic E-state index is 14.0. The number of benzene rings is 1. The van der Waals surface area contributed by atoms with Crippen LogP contribution in [0.25, 0.3) is 0 Å². The van der Waals surface area contributed by atoms with Gasteiger partial charge in [-0.3, -0.25) is 4.79 Å². The second-order valence-electron chi connectivity index (χ2n) is 5.01. The van der Waals surface area contributed by atoms with Crippen molar-refractivity contribution >= 4 is 33.5 Å². The summed E-state index contributed by atoms with van der Waals surface area (Å²) in [5, 5.41) is 14.9. The van der Waals surface area contributed by atoms with Crippen molar-refractivity contribution in [3.05, 3.63) is 56.2 Å². The Morgan fingerprint density at radius 1 is 1.36 bits per heavy atom. The van der Waals surface area contributed by atoms with E-state index >= 15 is 0 Å². The van der Waals surface area contributed by atoms with Gasteiger partial charge < -0.3 is 15.1 Å². The molecule has 3 rings (SSSR count). The molecule has 2 N–H and O–H groups in total. The van der Waals surface area contributed by atoms with Gasteiger partial charge >= 0.3 is 0 Å². The average Bonchev–Trinajstić information content (AvgIpc) is 2.96. The largest absolute Gasteiger partial charge is 0.411 e. The minimum Gasteiger partial charge on any atom is -0.411 e. The van der Waals surface area contributed by atoms with Crippen molar-refractivity contribution in [2.24, 2.45) is 5.16 Å². The van der Waals surface area contributed by atoms with Gasteiger partial charge in [0.25, 0.3) is 5.56 Å². The second kappa shape index (κ2) is 5.92. The number of oxime groups is 1. The van der Waals surface area contributed by atoms with E-state index in [4.69, 9.17) is 5.21 Å². The van der Waals surface area contributed by atoms with E-state index in [1.807, 2.05) is 0 Å². The van der Waals surface area contributed by atoms with Crippen molar-refractivity contribution < 1.29 is 9.60 Å². The number of nitrogens with one attached hydrogen (secondary N) is 1. The zero-order chi connectivity index (χ0) is 15.7. The summed E-state index contributed by atoms with van der Waals surface area (Å²) < 4.78 is 16.2. The molecular weight excluding hydrogens is 353 g/mol. The lowest BCUT2D eigenvalue weighted by atomic mass is 10.1. The molecule has 0 radical (unpaired) electrons. The molecule has 0 fully saturated rings. The van der Waals surface area contributed by atoms with Crippen LogP contribution >= 0.6 is 15.9 Å². The molecule has 0 amide bonds. The standard InChI is InChI=1S/C15H13BrFN3O2/c16-9-3-4-12(11(17)6-9)19-13-7-15(21)20-5-1-2-14(20)10(13)8-18-22/h3-4,6-8,19,22H,1-2,5H2/b18-8+. The molecule has 1 aliphatic heterocycles. The van der Waals surface area contributed by atoms with Gasteiger partial charge in [0.15, 0.2) is 0 Å². The highest BCUT2D eigenvalue weighted by atomic mass is 79.9. The first-order valence-electron chi connectivity index (χ1n) is 6.76. The lowest BCUT2D eigenvalue weighted by molar-refractivity contribution is 0.322. The molecule has 0 unspecified atom stereocenters. The number of pyridine rings is 1. The van der Waals surface area contributed by atoms with E-state index in [1.165, 1.54) is 18.3 Å². The second-order valence-corrected chi connectivity index (χ2v) is 5.92. The van der Waals surface area contributed by atoms with Gasteiger partial charge in [0.1, 0.15) is 5.82 Å². The third-order valence-corrected chi connectivity index (χ3v) is 4.14. The first kappa shape index (κ1) is 14.8. The van der Waals surface area contributed by atoms with E-state index in [-0.39, 0.29) is 11.2 Å². The monoisotopic (exact) mass is 365 g/mol. The Morgan fingerprint density at radius 3 is 2.91 bits per heavy atom. The van der Waals surface area contributed by atoms with Crippen LogP contribution in [-0.4, -0.2) is 16.0 Å². The maximum absolute atomic E-state index is 14.0. The third kappa shape index (κ3) is 2.64. The molecule has 0 aliphatic carbocycles. The Hall–Kier alpha value is -2.15. The molecule has 0 spiro atoms. The van der Waals surface area contributed by atoms with Crippen LogP contribution < -0.4 is 10.9 Å². The van der Waals surface area contributed by atoms with Gasteiger partial charge in [0.05, 0.1) is 17.6 Å². The number of anilines is 2. The van der Waals surface area contributed by atoms with Crippen molar-refractivity contribution in [2.45, 2.75) is 19.4 Å². The fraction of sp³-hybridized carbons (Fsp3) is 0.200. The van der Waals surface area contributed by atoms with Gasteiger partial charge in [-0.1, -0.05) is 21.1 Å². The van der Waals surface area contributed by atoms with E-state index in [2.05, 4.69) is 26.4 Å². The highest BCUT2D eigenvalue weighted by Crippen LogP contribution is 2.27. The molecule has 22 heavy (non-hydrogen) atoms. The summed E-state index contributed by atoms with van der Waals surface area (Å²) >= 11 is 3.20. The Kier molecular flexibility index (Phi) is 3.98. The van der Waals surface area contributed by atoms with Gasteiger partial charge in [-0.15, -0.1) is 0 Å². The van der Waals surface area contributed by atoms with Crippen LogP contribution in [0.3, 0.4) is 0 Å². The Bertz CT molecular complexity index is 817. The molecule has 1 aliphatic rings. The van der Waals surface area contributed by atoms with Gasteiger partial charge in [-0.25, -0.2) is 4.39 Å². The predicted molar refractivity (Wildman–Crippen MR) is 85.8 cm³/mol. The molecule has 1 aromatic carbocycles. The molecule has 0 atom stereocenters. The van der Waals surface area contributed by atoms with E-state index in [9.17, 15) is 9.18 Å². The van der Waals surface area contributed by atoms with Gasteiger partial charge in [-0.05, 0) is 31.0 Å². The van der Waals surface area contributed by atoms with Crippen LogP contribution in [0.5, 0.6) is 0 Å². The lowest BCUT2D eigenvalue weighted by Gasteiger charge is -2.14. The van der Waals surface area contributed by atoms with Crippen molar-refractivity contribution in [2.75, 3.05) is 5.32 Å². The summed E-state index contributed by atoms with van der Waals surface area (Å²) in [6.07, 6.45) is 2.85. The summed E-state index contributed by atoms with van der Waals surface area (Å²) in [5.74, 6) is -0.443. The summed E-state index contributed by atoms with van der Waals surface area (Å²) in [7, 11) is 0. The molecular formula is C15H13BrFN3O2. The van der Waals surface area contributed by atoms with Crippen LogP contribution in [0, 0.1) is 5.82 Å². The van der Waals surface area contributed by atoms with Gasteiger partial charge in [-0.2, -0.15) is 0 Å². The van der Waals surface area contributed by atoms with E-state index in [0.29, 0.717) is 22.3 Å². The molecule has 7 heteroatoms. The first-order chi connectivity index (χ1) is 10.6. The number of rotatable bonds is 3. The topological polar surface area (TPSA) is 66.6 Å². The van der Waals surface area contributed by atoms with Crippen molar-refractivity contribution in [1.29, 1.82) is 0 Å². The molecule has 2 aromatic rings. The molecule has 2 heterocycles. The van der Waals surface area contributed by atoms with Gasteiger partial charge in [0.2, 0.25) is 0 Å². The molecule has 0 saturated carbocycles. The van der Waals surface area contributed by atoms with Crippen LogP contribution in [0.15, 0.2) is 38.7 Å². The highest BCUT2D eigenvalue weighted by molar-refractivity contribution is 9.10. The number of hydrogen-bond donors (Lipinski definition) is 2. The summed E-state index contributed by atoms with van der Waals surface area (Å²) in [4.78, 5) is 12.1. The minimum atomic E-state index is -0.443. The van der Waals surface area contributed by atoms with Crippen LogP contribution in [0.4, 0.5) is 15.8 Å². The highest BCUT2D eigenvalue weighted by Gasteiger charge is 2.19. The summed E-state index contributed by atoms with van der Waals surface area (Å²) in [6, 6.07) is 6.01. The zero-order valence-electron chi connectivity index (χ0n) is 11.5. The zero-order valence-corrected chi connectivity index (χ0v) is 13.1. The molecule has 1 aromatic heterocycles. The van der Waals surface area contributed by atoms with Crippen LogP contribution in [0.2, 0.25) is 0 Å². The number of fused-ring (bicyclic) bond motifs is 1. The van der Waals surface area contributed by atoms with Crippen LogP contribution in [0.1, 0.15) is 17.7 Å². The Labute approximate surface area is 134 Å². The molecule has 0 saturated heterocycles. The quantitative estimate of drug-likeness (QED) is 0.498. The predicted octanol–water partition coefficient (Wildman–Crippen LogP) is 3.25. The molecule has 5 nitrogen and oxygen atoms in total. The fourth-order valence-electron chi connectivity index (χ4n) is 2.67. The average molecular weight is 366 g/mol. The summed E-state index contributed by atoms with van der Waals surface area (Å²) in [6.45, 7) is 0.646. The third-order valence-electron chi connectivity index (χ3n) is 3.64. The lowest BCUT2D eigenvalue weighted by Crippen LogP contribution is -2.21. The van der Waals surface area contributed by atoms with E-state index < -0.39 is 5.82 Å². The van der Waals surface area contributed by atoms with Crippen molar-refractivity contribution in [1.82, 2.24) is 4.57 Å².